The van der Waals surface area contributed by atoms with Gasteiger partial charge in [-0.2, -0.15) is 0 Å². The Morgan fingerprint density at radius 3 is 2.75 bits per heavy atom. The summed E-state index contributed by atoms with van der Waals surface area (Å²) in [6.45, 7) is 1.99. The molecule has 6 nitrogen and oxygen atoms in total. The smallest absolute Gasteiger partial charge is 0.226 e. The van der Waals surface area contributed by atoms with Crippen molar-refractivity contribution >= 4 is 22.4 Å². The molecular formula is C21H23N3O3S. The Labute approximate surface area is 168 Å². The van der Waals surface area contributed by atoms with Crippen LogP contribution in [0.25, 0.3) is 0 Å². The van der Waals surface area contributed by atoms with Crippen LogP contribution in [0.3, 0.4) is 0 Å². The van der Waals surface area contributed by atoms with Crippen LogP contribution in [0.5, 0.6) is 11.5 Å². The van der Waals surface area contributed by atoms with Crippen LogP contribution in [0.4, 0.5) is 5.13 Å². The fourth-order valence-corrected chi connectivity index (χ4v) is 3.83. The van der Waals surface area contributed by atoms with Crippen LogP contribution in [0.1, 0.15) is 28.0 Å². The maximum absolute atomic E-state index is 12.2. The van der Waals surface area contributed by atoms with Crippen molar-refractivity contribution in [3.63, 3.8) is 0 Å². The van der Waals surface area contributed by atoms with Crippen LogP contribution >= 0.6 is 11.3 Å². The highest BCUT2D eigenvalue weighted by atomic mass is 32.1. The minimum atomic E-state index is -0.0493. The number of aromatic nitrogens is 2. The molecule has 0 saturated carbocycles. The molecule has 3 aromatic rings. The van der Waals surface area contributed by atoms with Crippen molar-refractivity contribution in [2.45, 2.75) is 26.2 Å². The number of ether oxygens (including phenoxy) is 2. The van der Waals surface area contributed by atoms with Gasteiger partial charge in [-0.1, -0.05) is 12.1 Å². The van der Waals surface area contributed by atoms with Crippen molar-refractivity contribution in [1.82, 2.24) is 9.97 Å². The summed E-state index contributed by atoms with van der Waals surface area (Å²) in [7, 11) is 3.27. The van der Waals surface area contributed by atoms with E-state index < -0.39 is 0 Å². The van der Waals surface area contributed by atoms with Gasteiger partial charge < -0.3 is 14.8 Å². The van der Waals surface area contributed by atoms with Crippen LogP contribution in [0.2, 0.25) is 0 Å². The molecule has 0 fully saturated rings. The molecule has 0 aliphatic heterocycles. The molecule has 146 valence electrons. The molecule has 7 heteroatoms. The zero-order chi connectivity index (χ0) is 19.9. The van der Waals surface area contributed by atoms with Gasteiger partial charge in [0.15, 0.2) is 16.6 Å². The van der Waals surface area contributed by atoms with Gasteiger partial charge in [-0.25, -0.2) is 4.98 Å². The monoisotopic (exact) mass is 397 g/mol. The van der Waals surface area contributed by atoms with Crippen LogP contribution < -0.4 is 14.8 Å². The fraction of sp³-hybridized carbons (Fsp3) is 0.286. The third-order valence-corrected chi connectivity index (χ3v) is 5.18. The highest BCUT2D eigenvalue weighted by Gasteiger charge is 2.12. The number of hydrogen-bond acceptors (Lipinski definition) is 6. The van der Waals surface area contributed by atoms with Gasteiger partial charge in [-0.15, -0.1) is 11.3 Å². The Morgan fingerprint density at radius 2 is 2.04 bits per heavy atom. The quantitative estimate of drug-likeness (QED) is 0.621. The van der Waals surface area contributed by atoms with E-state index in [1.807, 2.05) is 25.1 Å². The van der Waals surface area contributed by atoms with E-state index in [1.54, 1.807) is 32.8 Å². The topological polar surface area (TPSA) is 73.3 Å². The first-order valence-electron chi connectivity index (χ1n) is 8.94. The first-order valence-corrected chi connectivity index (χ1v) is 9.75. The predicted octanol–water partition coefficient (Wildman–Crippen LogP) is 4.03. The van der Waals surface area contributed by atoms with Crippen molar-refractivity contribution in [3.05, 3.63) is 64.4 Å². The standard InChI is InChI=1S/C21H23N3O3S/c1-14-9-16(11-18(26-2)20(14)27-3)10-17-13-23-21(28-17)24-19(25)7-6-15-5-4-8-22-12-15/h4-5,8-9,11-13H,6-7,10H2,1-3H3,(H,23,24,25). The number of nitrogens with zero attached hydrogens (tertiary/aromatic N) is 2. The molecular weight excluding hydrogens is 374 g/mol. The summed E-state index contributed by atoms with van der Waals surface area (Å²) in [6.07, 6.45) is 7.07. The number of methoxy groups -OCH3 is 2. The van der Waals surface area contributed by atoms with Crippen LogP contribution in [0, 0.1) is 6.92 Å². The second kappa shape index (κ2) is 9.32. The van der Waals surface area contributed by atoms with E-state index in [2.05, 4.69) is 21.4 Å². The maximum Gasteiger partial charge on any atom is 0.226 e. The van der Waals surface area contributed by atoms with Crippen LogP contribution in [0.15, 0.2) is 42.9 Å². The van der Waals surface area contributed by atoms with Gasteiger partial charge in [-0.05, 0) is 42.2 Å². The van der Waals surface area contributed by atoms with E-state index in [9.17, 15) is 4.79 Å². The molecule has 0 aliphatic rings. The third-order valence-electron chi connectivity index (χ3n) is 4.27. The summed E-state index contributed by atoms with van der Waals surface area (Å²) in [5, 5.41) is 3.49. The number of amides is 1. The van der Waals surface area contributed by atoms with Crippen LogP contribution in [-0.2, 0) is 17.6 Å². The summed E-state index contributed by atoms with van der Waals surface area (Å²) in [5.74, 6) is 1.41. The Morgan fingerprint density at radius 1 is 1.18 bits per heavy atom. The van der Waals surface area contributed by atoms with Crippen molar-refractivity contribution in [1.29, 1.82) is 0 Å². The molecule has 2 aromatic heterocycles. The van der Waals surface area contributed by atoms with Gasteiger partial charge in [0.2, 0.25) is 5.91 Å². The van der Waals surface area contributed by atoms with Gasteiger partial charge in [0, 0.05) is 36.3 Å². The number of anilines is 1. The lowest BCUT2D eigenvalue weighted by Crippen LogP contribution is -2.12. The molecule has 28 heavy (non-hydrogen) atoms. The van der Waals surface area contributed by atoms with Gasteiger partial charge in [0.05, 0.1) is 14.2 Å². The number of aryl methyl sites for hydroxylation is 2. The van der Waals surface area contributed by atoms with Crippen molar-refractivity contribution in [2.75, 3.05) is 19.5 Å². The van der Waals surface area contributed by atoms with E-state index in [0.717, 1.165) is 27.3 Å². The number of hydrogen-bond donors (Lipinski definition) is 1. The zero-order valence-corrected chi connectivity index (χ0v) is 17.0. The minimum absolute atomic E-state index is 0.0493. The SMILES string of the molecule is COc1cc(Cc2cnc(NC(=O)CCc3cccnc3)s2)cc(C)c1OC. The number of rotatable bonds is 8. The van der Waals surface area contributed by atoms with Crippen LogP contribution in [-0.4, -0.2) is 30.1 Å². The average molecular weight is 398 g/mol. The number of pyridine rings is 1. The van der Waals surface area contributed by atoms with E-state index >= 15 is 0 Å². The van der Waals surface area contributed by atoms with Gasteiger partial charge >= 0.3 is 0 Å². The number of benzene rings is 1. The Kier molecular flexibility index (Phi) is 6.60. The fourth-order valence-electron chi connectivity index (χ4n) is 2.96. The molecule has 2 heterocycles. The minimum Gasteiger partial charge on any atom is -0.493 e. The lowest BCUT2D eigenvalue weighted by atomic mass is 10.1. The molecule has 0 unspecified atom stereocenters. The van der Waals surface area contributed by atoms with Gasteiger partial charge in [-0.3, -0.25) is 9.78 Å². The molecule has 0 bridgehead atoms. The zero-order valence-electron chi connectivity index (χ0n) is 16.2. The van der Waals surface area contributed by atoms with Crippen molar-refractivity contribution in [2.24, 2.45) is 0 Å². The maximum atomic E-state index is 12.2. The number of nitrogens with one attached hydrogen (secondary N) is 1. The average Bonchev–Trinajstić information content (AvgIpc) is 3.13. The first-order chi connectivity index (χ1) is 13.6. The molecule has 1 amide bonds. The molecule has 0 saturated heterocycles. The van der Waals surface area contributed by atoms with E-state index in [4.69, 9.17) is 9.47 Å². The molecule has 0 spiro atoms. The summed E-state index contributed by atoms with van der Waals surface area (Å²) in [4.78, 5) is 21.6. The first kappa shape index (κ1) is 19.8. The molecule has 0 aliphatic carbocycles. The lowest BCUT2D eigenvalue weighted by molar-refractivity contribution is -0.116. The second-order valence-electron chi connectivity index (χ2n) is 6.37. The summed E-state index contributed by atoms with van der Waals surface area (Å²) >= 11 is 1.48. The largest absolute Gasteiger partial charge is 0.493 e. The Balaban J connectivity index is 1.59. The van der Waals surface area contributed by atoms with Crippen molar-refractivity contribution < 1.29 is 14.3 Å². The van der Waals surface area contributed by atoms with Crippen molar-refractivity contribution in [3.8, 4) is 11.5 Å². The normalized spacial score (nSPS) is 10.5. The van der Waals surface area contributed by atoms with Gasteiger partial charge in [0.1, 0.15) is 0 Å². The van der Waals surface area contributed by atoms with E-state index in [1.165, 1.54) is 11.3 Å². The molecule has 0 radical (unpaired) electrons. The summed E-state index contributed by atoms with van der Waals surface area (Å²) in [6, 6.07) is 7.88. The van der Waals surface area contributed by atoms with E-state index in [-0.39, 0.29) is 5.91 Å². The molecule has 3 rings (SSSR count). The molecule has 1 aromatic carbocycles. The molecule has 0 atom stereocenters. The summed E-state index contributed by atoms with van der Waals surface area (Å²) < 4.78 is 10.8. The number of thiazole rings is 1. The number of carbonyl (C=O) groups excluding carboxylic acids is 1. The highest BCUT2D eigenvalue weighted by Crippen LogP contribution is 2.33. The third kappa shape index (κ3) is 5.07. The summed E-state index contributed by atoms with van der Waals surface area (Å²) in [5.41, 5.74) is 3.17. The predicted molar refractivity (Wildman–Crippen MR) is 110 cm³/mol. The Bertz CT molecular complexity index is 941. The second-order valence-corrected chi connectivity index (χ2v) is 7.48. The number of carbonyl (C=O) groups is 1. The van der Waals surface area contributed by atoms with Gasteiger partial charge in [0.25, 0.3) is 0 Å². The Hall–Kier alpha value is -2.93. The molecule has 1 N–H and O–H groups in total. The lowest BCUT2D eigenvalue weighted by Gasteiger charge is -2.12. The highest BCUT2D eigenvalue weighted by molar-refractivity contribution is 7.15. The van der Waals surface area contributed by atoms with E-state index in [0.29, 0.717) is 30.1 Å².